The van der Waals surface area contributed by atoms with Crippen LogP contribution in [-0.2, 0) is 4.79 Å². The van der Waals surface area contributed by atoms with E-state index in [1.165, 1.54) is 24.8 Å². The Balaban J connectivity index is 1.54. The molecule has 0 N–H and O–H groups in total. The molecule has 1 aromatic carbocycles. The maximum Gasteiger partial charge on any atom is 0.226 e. The van der Waals surface area contributed by atoms with Gasteiger partial charge >= 0.3 is 0 Å². The van der Waals surface area contributed by atoms with E-state index < -0.39 is 0 Å². The third-order valence-electron chi connectivity index (χ3n) is 5.44. The number of fused-ring (bicyclic) bond motifs is 1. The van der Waals surface area contributed by atoms with Crippen molar-refractivity contribution in [1.29, 1.82) is 0 Å². The molecule has 1 saturated heterocycles. The van der Waals surface area contributed by atoms with Gasteiger partial charge in [-0.3, -0.25) is 4.79 Å². The highest BCUT2D eigenvalue weighted by atomic mass is 16.6. The summed E-state index contributed by atoms with van der Waals surface area (Å²) < 4.78 is 11.3. The second-order valence-electron chi connectivity index (χ2n) is 6.93. The highest BCUT2D eigenvalue weighted by molar-refractivity contribution is 5.79. The minimum atomic E-state index is 0.209. The first-order valence-electron chi connectivity index (χ1n) is 9.03. The van der Waals surface area contributed by atoms with Gasteiger partial charge in [0.25, 0.3) is 0 Å². The largest absolute Gasteiger partial charge is 0.486 e. The van der Waals surface area contributed by atoms with E-state index in [0.717, 1.165) is 43.7 Å². The fourth-order valence-corrected chi connectivity index (χ4v) is 4.23. The molecule has 1 saturated carbocycles. The molecule has 124 valence electrons. The van der Waals surface area contributed by atoms with E-state index in [-0.39, 0.29) is 12.0 Å². The lowest BCUT2D eigenvalue weighted by atomic mass is 9.88. The number of rotatable bonds is 2. The smallest absolute Gasteiger partial charge is 0.226 e. The van der Waals surface area contributed by atoms with E-state index in [0.29, 0.717) is 19.1 Å². The van der Waals surface area contributed by atoms with Gasteiger partial charge in [-0.2, -0.15) is 0 Å². The molecule has 0 spiro atoms. The first-order chi connectivity index (χ1) is 11.3. The molecule has 1 atom stereocenters. The monoisotopic (exact) mass is 315 g/mol. The fraction of sp³-hybridized carbons (Fsp3) is 0.632. The molecular formula is C19H25NO3. The Morgan fingerprint density at radius 3 is 2.57 bits per heavy atom. The summed E-state index contributed by atoms with van der Waals surface area (Å²) in [6, 6.07) is 6.38. The summed E-state index contributed by atoms with van der Waals surface area (Å²) in [5.41, 5.74) is 1.19. The first kappa shape index (κ1) is 14.9. The van der Waals surface area contributed by atoms with E-state index in [2.05, 4.69) is 17.0 Å². The third kappa shape index (κ3) is 2.91. The van der Waals surface area contributed by atoms with Crippen molar-refractivity contribution in [3.63, 3.8) is 0 Å². The number of likely N-dealkylation sites (tertiary alicyclic amines) is 1. The van der Waals surface area contributed by atoms with Gasteiger partial charge in [0, 0.05) is 12.5 Å². The molecule has 4 heteroatoms. The number of hydrogen-bond acceptors (Lipinski definition) is 3. The van der Waals surface area contributed by atoms with Crippen LogP contribution in [0.1, 0.15) is 56.6 Å². The van der Waals surface area contributed by atoms with E-state index >= 15 is 0 Å². The molecule has 2 aliphatic heterocycles. The normalized spacial score (nSPS) is 24.7. The highest BCUT2D eigenvalue weighted by Gasteiger charge is 2.34. The van der Waals surface area contributed by atoms with Crippen molar-refractivity contribution in [2.24, 2.45) is 5.92 Å². The summed E-state index contributed by atoms with van der Waals surface area (Å²) >= 11 is 0. The molecule has 1 aromatic rings. The fourth-order valence-electron chi connectivity index (χ4n) is 4.23. The number of benzene rings is 1. The number of carbonyl (C=O) groups is 1. The van der Waals surface area contributed by atoms with Crippen molar-refractivity contribution >= 4 is 5.91 Å². The van der Waals surface area contributed by atoms with Gasteiger partial charge < -0.3 is 14.4 Å². The lowest BCUT2D eigenvalue weighted by Crippen LogP contribution is -2.36. The van der Waals surface area contributed by atoms with Gasteiger partial charge in [0.2, 0.25) is 5.91 Å². The van der Waals surface area contributed by atoms with Crippen molar-refractivity contribution in [2.75, 3.05) is 19.8 Å². The molecule has 0 radical (unpaired) electrons. The zero-order valence-corrected chi connectivity index (χ0v) is 13.6. The molecule has 4 nitrogen and oxygen atoms in total. The van der Waals surface area contributed by atoms with Crippen molar-refractivity contribution < 1.29 is 14.3 Å². The van der Waals surface area contributed by atoms with Gasteiger partial charge in [0.1, 0.15) is 13.2 Å². The van der Waals surface area contributed by atoms with Crippen molar-refractivity contribution in [1.82, 2.24) is 4.90 Å². The van der Waals surface area contributed by atoms with Crippen LogP contribution in [0.15, 0.2) is 18.2 Å². The summed E-state index contributed by atoms with van der Waals surface area (Å²) in [5.74, 6) is 2.28. The van der Waals surface area contributed by atoms with Crippen LogP contribution in [0.5, 0.6) is 11.5 Å². The topological polar surface area (TPSA) is 38.8 Å². The van der Waals surface area contributed by atoms with Crippen LogP contribution in [0.4, 0.5) is 0 Å². The van der Waals surface area contributed by atoms with E-state index in [4.69, 9.17) is 9.47 Å². The van der Waals surface area contributed by atoms with Crippen LogP contribution >= 0.6 is 0 Å². The molecule has 3 aliphatic rings. The third-order valence-corrected chi connectivity index (χ3v) is 5.44. The molecule has 1 aliphatic carbocycles. The Morgan fingerprint density at radius 2 is 1.74 bits per heavy atom. The summed E-state index contributed by atoms with van der Waals surface area (Å²) in [4.78, 5) is 15.1. The van der Waals surface area contributed by atoms with Crippen LogP contribution < -0.4 is 9.47 Å². The van der Waals surface area contributed by atoms with Crippen LogP contribution in [0.3, 0.4) is 0 Å². The van der Waals surface area contributed by atoms with Crippen LogP contribution in [0, 0.1) is 5.92 Å². The maximum absolute atomic E-state index is 12.9. The van der Waals surface area contributed by atoms with E-state index in [1.807, 2.05) is 6.07 Å². The molecule has 2 heterocycles. The summed E-state index contributed by atoms with van der Waals surface area (Å²) in [5, 5.41) is 0. The second-order valence-corrected chi connectivity index (χ2v) is 6.93. The lowest BCUT2D eigenvalue weighted by molar-refractivity contribution is -0.137. The zero-order valence-electron chi connectivity index (χ0n) is 13.6. The van der Waals surface area contributed by atoms with E-state index in [1.54, 1.807) is 0 Å². The summed E-state index contributed by atoms with van der Waals surface area (Å²) in [6.45, 7) is 2.11. The van der Waals surface area contributed by atoms with Crippen molar-refractivity contribution in [3.05, 3.63) is 23.8 Å². The number of carbonyl (C=O) groups excluding carboxylic acids is 1. The number of amides is 1. The average molecular weight is 315 g/mol. The highest BCUT2D eigenvalue weighted by Crippen LogP contribution is 2.39. The Hall–Kier alpha value is -1.71. The summed E-state index contributed by atoms with van der Waals surface area (Å²) in [7, 11) is 0. The van der Waals surface area contributed by atoms with Gasteiger partial charge in [-0.15, -0.1) is 0 Å². The molecule has 0 aromatic heterocycles. The molecule has 4 rings (SSSR count). The van der Waals surface area contributed by atoms with Crippen molar-refractivity contribution in [3.8, 4) is 11.5 Å². The SMILES string of the molecule is O=C(C1CCCCC1)N1CCCC1c1ccc2c(c1)OCCO2. The molecular weight excluding hydrogens is 290 g/mol. The van der Waals surface area contributed by atoms with Gasteiger partial charge in [-0.05, 0) is 43.4 Å². The quantitative estimate of drug-likeness (QED) is 0.835. The molecule has 23 heavy (non-hydrogen) atoms. The van der Waals surface area contributed by atoms with Gasteiger partial charge in [0.15, 0.2) is 11.5 Å². The minimum absolute atomic E-state index is 0.209. The summed E-state index contributed by atoms with van der Waals surface area (Å²) in [6.07, 6.45) is 8.00. The Morgan fingerprint density at radius 1 is 0.957 bits per heavy atom. The van der Waals surface area contributed by atoms with E-state index in [9.17, 15) is 4.79 Å². The Labute approximate surface area is 137 Å². The minimum Gasteiger partial charge on any atom is -0.486 e. The number of nitrogens with zero attached hydrogens (tertiary/aromatic N) is 1. The Kier molecular flexibility index (Phi) is 4.15. The van der Waals surface area contributed by atoms with Crippen LogP contribution in [0.25, 0.3) is 0 Å². The molecule has 1 unspecified atom stereocenters. The maximum atomic E-state index is 12.9. The van der Waals surface area contributed by atoms with Gasteiger partial charge in [-0.1, -0.05) is 25.3 Å². The Bertz CT molecular complexity index is 580. The number of ether oxygens (including phenoxy) is 2. The second kappa shape index (κ2) is 6.42. The zero-order chi connectivity index (χ0) is 15.6. The predicted molar refractivity (Wildman–Crippen MR) is 87.7 cm³/mol. The first-order valence-corrected chi connectivity index (χ1v) is 9.03. The predicted octanol–water partition coefficient (Wildman–Crippen LogP) is 3.70. The number of hydrogen-bond donors (Lipinski definition) is 0. The standard InChI is InChI=1S/C19H25NO3/c21-19(14-5-2-1-3-6-14)20-10-4-7-16(20)15-8-9-17-18(13-15)23-12-11-22-17/h8-9,13-14,16H,1-7,10-12H2. The van der Waals surface area contributed by atoms with Gasteiger partial charge in [0.05, 0.1) is 6.04 Å². The molecule has 2 fully saturated rings. The average Bonchev–Trinajstić information content (AvgIpc) is 3.11. The molecule has 1 amide bonds. The molecule has 0 bridgehead atoms. The van der Waals surface area contributed by atoms with Crippen molar-refractivity contribution in [2.45, 2.75) is 51.0 Å². The van der Waals surface area contributed by atoms with Gasteiger partial charge in [-0.25, -0.2) is 0 Å². The lowest BCUT2D eigenvalue weighted by Gasteiger charge is -2.31. The van der Waals surface area contributed by atoms with Crippen LogP contribution in [0.2, 0.25) is 0 Å². The van der Waals surface area contributed by atoms with Crippen LogP contribution in [-0.4, -0.2) is 30.6 Å².